The van der Waals surface area contributed by atoms with Crippen LogP contribution in [0.4, 0.5) is 0 Å². The third-order valence-corrected chi connectivity index (χ3v) is 5.71. The third-order valence-electron chi connectivity index (χ3n) is 5.71. The highest BCUT2D eigenvalue weighted by atomic mass is 16.7. The molecule has 1 saturated heterocycles. The Morgan fingerprint density at radius 3 is 2.75 bits per heavy atom. The lowest BCUT2D eigenvalue weighted by molar-refractivity contribution is -0.197. The number of hydrogen-bond acceptors (Lipinski definition) is 3. The summed E-state index contributed by atoms with van der Waals surface area (Å²) in [5, 5.41) is 9.70. The van der Waals surface area contributed by atoms with Gasteiger partial charge < -0.3 is 14.6 Å². The molecule has 3 heteroatoms. The summed E-state index contributed by atoms with van der Waals surface area (Å²) in [4.78, 5) is 0. The second-order valence-corrected chi connectivity index (χ2v) is 6.90. The molecule has 3 aliphatic rings. The van der Waals surface area contributed by atoms with Gasteiger partial charge in [0.2, 0.25) is 0 Å². The van der Waals surface area contributed by atoms with Crippen molar-refractivity contribution in [3.05, 3.63) is 29.3 Å². The van der Waals surface area contributed by atoms with E-state index in [0.717, 1.165) is 38.9 Å². The van der Waals surface area contributed by atoms with E-state index < -0.39 is 0 Å². The number of phenols is 1. The quantitative estimate of drug-likeness (QED) is 0.788. The summed E-state index contributed by atoms with van der Waals surface area (Å²) in [6, 6.07) is 5.87. The van der Waals surface area contributed by atoms with Gasteiger partial charge in [0.1, 0.15) is 5.75 Å². The molecular formula is C17H22O3. The van der Waals surface area contributed by atoms with Crippen LogP contribution in [-0.4, -0.2) is 24.1 Å². The first-order valence-electron chi connectivity index (χ1n) is 7.70. The van der Waals surface area contributed by atoms with Gasteiger partial charge in [-0.1, -0.05) is 13.0 Å². The Hall–Kier alpha value is -1.06. The predicted molar refractivity (Wildman–Crippen MR) is 75.8 cm³/mol. The topological polar surface area (TPSA) is 38.7 Å². The van der Waals surface area contributed by atoms with Crippen molar-refractivity contribution < 1.29 is 14.6 Å². The first-order chi connectivity index (χ1) is 9.60. The molecule has 1 spiro atoms. The molecule has 2 fully saturated rings. The van der Waals surface area contributed by atoms with Gasteiger partial charge in [-0.15, -0.1) is 0 Å². The number of phenolic OH excluding ortho intramolecular Hbond substituents is 1. The summed E-state index contributed by atoms with van der Waals surface area (Å²) in [5.41, 5.74) is 3.06. The fourth-order valence-corrected chi connectivity index (χ4v) is 4.42. The Morgan fingerprint density at radius 1 is 1.15 bits per heavy atom. The van der Waals surface area contributed by atoms with Crippen LogP contribution in [0.3, 0.4) is 0 Å². The Balaban J connectivity index is 1.73. The van der Waals surface area contributed by atoms with Crippen molar-refractivity contribution >= 4 is 0 Å². The van der Waals surface area contributed by atoms with Gasteiger partial charge in [-0.25, -0.2) is 0 Å². The highest BCUT2D eigenvalue weighted by Gasteiger charge is 2.51. The van der Waals surface area contributed by atoms with E-state index in [2.05, 4.69) is 13.0 Å². The fraction of sp³-hybridized carbons (Fsp3) is 0.647. The van der Waals surface area contributed by atoms with Crippen LogP contribution in [-0.2, 0) is 15.9 Å². The highest BCUT2D eigenvalue weighted by Crippen LogP contribution is 2.57. The van der Waals surface area contributed by atoms with Crippen LogP contribution in [0.5, 0.6) is 5.75 Å². The number of ether oxygens (including phenoxy) is 2. The van der Waals surface area contributed by atoms with Gasteiger partial charge in [0.05, 0.1) is 13.2 Å². The minimum absolute atomic E-state index is 0.337. The predicted octanol–water partition coefficient (Wildman–Crippen LogP) is 3.36. The summed E-state index contributed by atoms with van der Waals surface area (Å²) >= 11 is 0. The average molecular weight is 274 g/mol. The molecule has 2 atom stereocenters. The van der Waals surface area contributed by atoms with Gasteiger partial charge in [-0.05, 0) is 53.9 Å². The summed E-state index contributed by atoms with van der Waals surface area (Å²) in [7, 11) is 0. The molecular weight excluding hydrogens is 252 g/mol. The van der Waals surface area contributed by atoms with Crippen molar-refractivity contribution in [3.8, 4) is 5.75 Å². The Labute approximate surface area is 119 Å². The van der Waals surface area contributed by atoms with E-state index in [1.54, 1.807) is 0 Å². The van der Waals surface area contributed by atoms with Gasteiger partial charge in [0.25, 0.3) is 0 Å². The zero-order valence-electron chi connectivity index (χ0n) is 12.0. The normalized spacial score (nSPS) is 34.8. The number of rotatable bonds is 0. The number of aryl methyl sites for hydroxylation is 1. The number of benzene rings is 1. The number of hydrogen-bond donors (Lipinski definition) is 1. The summed E-state index contributed by atoms with van der Waals surface area (Å²) in [6.07, 6.45) is 5.42. The van der Waals surface area contributed by atoms with Crippen molar-refractivity contribution in [2.24, 2.45) is 5.41 Å². The lowest BCUT2D eigenvalue weighted by Gasteiger charge is -2.50. The van der Waals surface area contributed by atoms with E-state index in [4.69, 9.17) is 9.47 Å². The van der Waals surface area contributed by atoms with E-state index in [0.29, 0.717) is 17.1 Å². The van der Waals surface area contributed by atoms with Gasteiger partial charge in [-0.2, -0.15) is 0 Å². The summed E-state index contributed by atoms with van der Waals surface area (Å²) in [5.74, 6) is 0.529. The van der Waals surface area contributed by atoms with Crippen molar-refractivity contribution in [3.63, 3.8) is 0 Å². The zero-order valence-corrected chi connectivity index (χ0v) is 12.0. The fourth-order valence-electron chi connectivity index (χ4n) is 4.42. The minimum atomic E-state index is -0.337. The molecule has 0 bridgehead atoms. The molecule has 108 valence electrons. The largest absolute Gasteiger partial charge is 0.508 e. The monoisotopic (exact) mass is 274 g/mol. The third kappa shape index (κ3) is 1.80. The van der Waals surface area contributed by atoms with Crippen molar-refractivity contribution in [1.29, 1.82) is 0 Å². The van der Waals surface area contributed by atoms with Crippen LogP contribution in [0, 0.1) is 5.41 Å². The van der Waals surface area contributed by atoms with Gasteiger partial charge in [-0.3, -0.25) is 0 Å². The number of fused-ring (bicyclic) bond motifs is 3. The maximum atomic E-state index is 9.70. The highest BCUT2D eigenvalue weighted by molar-refractivity contribution is 5.40. The van der Waals surface area contributed by atoms with E-state index in [-0.39, 0.29) is 5.79 Å². The van der Waals surface area contributed by atoms with Crippen molar-refractivity contribution in [2.75, 3.05) is 13.2 Å². The summed E-state index contributed by atoms with van der Waals surface area (Å²) < 4.78 is 11.9. The van der Waals surface area contributed by atoms with Gasteiger partial charge in [0, 0.05) is 12.8 Å². The first-order valence-corrected chi connectivity index (χ1v) is 7.70. The second-order valence-electron chi connectivity index (χ2n) is 6.90. The van der Waals surface area contributed by atoms with Crippen LogP contribution >= 0.6 is 0 Å². The van der Waals surface area contributed by atoms with Crippen LogP contribution in [0.25, 0.3) is 0 Å². The molecule has 4 rings (SSSR count). The molecule has 1 aromatic carbocycles. The number of aromatic hydroxyl groups is 1. The molecule has 20 heavy (non-hydrogen) atoms. The molecule has 1 aromatic rings. The van der Waals surface area contributed by atoms with E-state index in [1.807, 2.05) is 12.1 Å². The second kappa shape index (κ2) is 4.22. The van der Waals surface area contributed by atoms with Crippen LogP contribution < -0.4 is 0 Å². The molecule has 1 saturated carbocycles. The molecule has 0 amide bonds. The van der Waals surface area contributed by atoms with Crippen LogP contribution in [0.2, 0.25) is 0 Å². The molecule has 0 aromatic heterocycles. The average Bonchev–Trinajstić information content (AvgIpc) is 2.89. The van der Waals surface area contributed by atoms with Gasteiger partial charge >= 0.3 is 0 Å². The van der Waals surface area contributed by atoms with Crippen LogP contribution in [0.15, 0.2) is 18.2 Å². The lowest BCUT2D eigenvalue weighted by atomic mass is 9.57. The SMILES string of the molecule is C[C@]12CCc3cc(O)ccc3[C@H]1CC1(CC2)OCCO1. The molecule has 0 unspecified atom stereocenters. The minimum Gasteiger partial charge on any atom is -0.508 e. The van der Waals surface area contributed by atoms with Crippen molar-refractivity contribution in [1.82, 2.24) is 0 Å². The van der Waals surface area contributed by atoms with E-state index in [1.165, 1.54) is 17.5 Å². The standard InChI is InChI=1S/C17H22O3/c1-16-5-4-12-10-13(18)2-3-14(12)15(16)11-17(7-6-16)19-8-9-20-17/h2-3,10,15,18H,4-9,11H2,1H3/t15-,16-/m1/s1. The maximum Gasteiger partial charge on any atom is 0.169 e. The lowest BCUT2D eigenvalue weighted by Crippen LogP contribution is -2.45. The maximum absolute atomic E-state index is 9.70. The van der Waals surface area contributed by atoms with Gasteiger partial charge in [0.15, 0.2) is 5.79 Å². The summed E-state index contributed by atoms with van der Waals surface area (Å²) in [6.45, 7) is 3.87. The van der Waals surface area contributed by atoms with E-state index >= 15 is 0 Å². The molecule has 2 aliphatic carbocycles. The molecule has 1 N–H and O–H groups in total. The van der Waals surface area contributed by atoms with Crippen molar-refractivity contribution in [2.45, 2.75) is 50.7 Å². The molecule has 1 aliphatic heterocycles. The first kappa shape index (κ1) is 12.7. The Bertz CT molecular complexity index is 533. The molecule has 3 nitrogen and oxygen atoms in total. The molecule has 1 heterocycles. The Kier molecular flexibility index (Phi) is 2.67. The van der Waals surface area contributed by atoms with E-state index in [9.17, 15) is 5.11 Å². The Morgan fingerprint density at radius 2 is 1.95 bits per heavy atom. The molecule has 0 radical (unpaired) electrons. The zero-order chi connectivity index (χ0) is 13.8. The smallest absolute Gasteiger partial charge is 0.169 e. The van der Waals surface area contributed by atoms with Crippen LogP contribution in [0.1, 0.15) is 49.7 Å².